The fourth-order valence-corrected chi connectivity index (χ4v) is 4.10. The Kier molecular flexibility index (Phi) is 8.43. The molecular formula is C22H26ClN3O2S. The van der Waals surface area contributed by atoms with Crippen LogP contribution in [0.2, 0.25) is 5.02 Å². The van der Waals surface area contributed by atoms with Crippen molar-refractivity contribution in [1.29, 1.82) is 0 Å². The number of aliphatic hydroxyl groups is 1. The number of aryl methyl sites for hydroxylation is 1. The van der Waals surface area contributed by atoms with Gasteiger partial charge in [-0.25, -0.2) is 4.98 Å². The molecule has 0 aliphatic carbocycles. The fourth-order valence-electron chi connectivity index (χ4n) is 3.01. The highest BCUT2D eigenvalue weighted by atomic mass is 35.5. The van der Waals surface area contributed by atoms with Crippen molar-refractivity contribution in [2.75, 3.05) is 18.1 Å². The summed E-state index contributed by atoms with van der Waals surface area (Å²) >= 11 is 7.58. The molecule has 0 spiro atoms. The first-order valence-corrected chi connectivity index (χ1v) is 10.9. The molecule has 3 aromatic rings. The fraction of sp³-hybridized carbons (Fsp3) is 0.318. The molecule has 2 aromatic carbocycles. The molecule has 154 valence electrons. The molecule has 3 rings (SSSR count). The average Bonchev–Trinajstić information content (AvgIpc) is 3.24. The van der Waals surface area contributed by atoms with Crippen LogP contribution in [0.3, 0.4) is 0 Å². The van der Waals surface area contributed by atoms with Crippen molar-refractivity contribution in [3.05, 3.63) is 77.8 Å². The smallest absolute Gasteiger partial charge is 0.0946 e. The van der Waals surface area contributed by atoms with Gasteiger partial charge in [0.25, 0.3) is 0 Å². The number of hydrogen-bond donors (Lipinski definition) is 2. The number of anilines is 1. The van der Waals surface area contributed by atoms with Crippen LogP contribution in [0.5, 0.6) is 0 Å². The van der Waals surface area contributed by atoms with E-state index in [0.29, 0.717) is 12.3 Å². The molecule has 0 aliphatic rings. The first kappa shape index (κ1) is 21.7. The van der Waals surface area contributed by atoms with Crippen LogP contribution < -0.4 is 5.73 Å². The van der Waals surface area contributed by atoms with E-state index in [4.69, 9.17) is 22.1 Å². The Morgan fingerprint density at radius 3 is 2.62 bits per heavy atom. The second-order valence-electron chi connectivity index (χ2n) is 6.84. The third-order valence-electron chi connectivity index (χ3n) is 4.57. The van der Waals surface area contributed by atoms with E-state index in [-0.39, 0.29) is 18.8 Å². The monoisotopic (exact) mass is 431 g/mol. The maximum atomic E-state index is 9.86. The molecular weight excluding hydrogens is 406 g/mol. The predicted molar refractivity (Wildman–Crippen MR) is 119 cm³/mol. The summed E-state index contributed by atoms with van der Waals surface area (Å²) in [7, 11) is 0. The van der Waals surface area contributed by atoms with E-state index in [1.54, 1.807) is 24.3 Å². The minimum absolute atomic E-state index is 0.0406. The third-order valence-corrected chi connectivity index (χ3v) is 6.05. The molecule has 0 saturated carbocycles. The number of nitrogen functional groups attached to an aromatic ring is 1. The van der Waals surface area contributed by atoms with Crippen LogP contribution in [0.25, 0.3) is 0 Å². The van der Waals surface area contributed by atoms with E-state index in [1.165, 1.54) is 5.56 Å². The highest BCUT2D eigenvalue weighted by molar-refractivity contribution is 7.99. The maximum Gasteiger partial charge on any atom is 0.0946 e. The van der Waals surface area contributed by atoms with E-state index in [0.717, 1.165) is 28.4 Å². The number of para-hydroxylation sites is 1. The first-order valence-electron chi connectivity index (χ1n) is 9.58. The van der Waals surface area contributed by atoms with Gasteiger partial charge in [-0.15, -0.1) is 11.8 Å². The van der Waals surface area contributed by atoms with Crippen LogP contribution in [-0.4, -0.2) is 39.2 Å². The zero-order chi connectivity index (χ0) is 20.5. The highest BCUT2D eigenvalue weighted by Gasteiger charge is 2.18. The quantitative estimate of drug-likeness (QED) is 0.350. The summed E-state index contributed by atoms with van der Waals surface area (Å²) in [6.07, 6.45) is 6.83. The second-order valence-corrected chi connectivity index (χ2v) is 8.33. The predicted octanol–water partition coefficient (Wildman–Crippen LogP) is 4.29. The number of nitrogens with two attached hydrogens (primary N) is 1. The molecule has 0 fully saturated rings. The van der Waals surface area contributed by atoms with Crippen molar-refractivity contribution in [1.82, 2.24) is 9.55 Å². The van der Waals surface area contributed by atoms with Crippen molar-refractivity contribution in [3.63, 3.8) is 0 Å². The largest absolute Gasteiger partial charge is 0.398 e. The number of aromatic nitrogens is 2. The van der Waals surface area contributed by atoms with Crippen LogP contribution in [0, 0.1) is 0 Å². The standard InChI is InChI=1S/C22H26ClN3O2S/c23-18-8-5-17(6-9-18)7-10-19(13-26-12-11-25-16-26)28-20(14-27)15-29-22-4-2-1-3-21(22)24/h1-6,8-9,11-12,16,19-20,27H,7,10,13-15,24H2/t19?,20-/m0/s1. The number of halogens is 1. The summed E-state index contributed by atoms with van der Waals surface area (Å²) in [5.41, 5.74) is 7.97. The van der Waals surface area contributed by atoms with Gasteiger partial charge in [-0.05, 0) is 42.7 Å². The van der Waals surface area contributed by atoms with Crippen molar-refractivity contribution in [2.45, 2.75) is 36.5 Å². The van der Waals surface area contributed by atoms with Gasteiger partial charge in [0.15, 0.2) is 0 Å². The Hall–Kier alpha value is -1.99. The van der Waals surface area contributed by atoms with Gasteiger partial charge in [0, 0.05) is 40.3 Å². The van der Waals surface area contributed by atoms with Gasteiger partial charge in [-0.1, -0.05) is 35.9 Å². The van der Waals surface area contributed by atoms with Gasteiger partial charge in [-0.3, -0.25) is 0 Å². The molecule has 1 unspecified atom stereocenters. The second kappa shape index (κ2) is 11.3. The van der Waals surface area contributed by atoms with E-state index >= 15 is 0 Å². The molecule has 7 heteroatoms. The Labute approximate surface area is 180 Å². The Bertz CT molecular complexity index is 859. The van der Waals surface area contributed by atoms with E-state index in [2.05, 4.69) is 4.98 Å². The topological polar surface area (TPSA) is 73.3 Å². The van der Waals surface area contributed by atoms with Crippen LogP contribution in [0.15, 0.2) is 72.1 Å². The first-order chi connectivity index (χ1) is 14.1. The van der Waals surface area contributed by atoms with Crippen LogP contribution >= 0.6 is 23.4 Å². The minimum atomic E-state index is -0.279. The molecule has 0 aliphatic heterocycles. The summed E-state index contributed by atoms with van der Waals surface area (Å²) in [5, 5.41) is 10.6. The molecule has 5 nitrogen and oxygen atoms in total. The van der Waals surface area contributed by atoms with E-state index in [1.807, 2.05) is 59.3 Å². The zero-order valence-corrected chi connectivity index (χ0v) is 17.7. The van der Waals surface area contributed by atoms with Gasteiger partial charge < -0.3 is 20.1 Å². The number of thioether (sulfide) groups is 1. The lowest BCUT2D eigenvalue weighted by atomic mass is 10.1. The summed E-state index contributed by atoms with van der Waals surface area (Å²) in [4.78, 5) is 5.12. The highest BCUT2D eigenvalue weighted by Crippen LogP contribution is 2.26. The van der Waals surface area contributed by atoms with Gasteiger partial charge in [-0.2, -0.15) is 0 Å². The van der Waals surface area contributed by atoms with E-state index < -0.39 is 0 Å². The molecule has 3 N–H and O–H groups in total. The van der Waals surface area contributed by atoms with Crippen LogP contribution in [0.4, 0.5) is 5.69 Å². The lowest BCUT2D eigenvalue weighted by Crippen LogP contribution is -2.30. The minimum Gasteiger partial charge on any atom is -0.398 e. The number of imidazole rings is 1. The van der Waals surface area contributed by atoms with Gasteiger partial charge in [0.1, 0.15) is 0 Å². The summed E-state index contributed by atoms with van der Waals surface area (Å²) < 4.78 is 8.30. The SMILES string of the molecule is Nc1ccccc1SC[C@H](CO)OC(CCc1ccc(Cl)cc1)Cn1ccnc1. The number of benzene rings is 2. The normalized spacial score (nSPS) is 13.3. The van der Waals surface area contributed by atoms with E-state index in [9.17, 15) is 5.11 Å². The molecule has 1 aromatic heterocycles. The molecule has 1 heterocycles. The number of hydrogen-bond acceptors (Lipinski definition) is 5. The number of rotatable bonds is 11. The Morgan fingerprint density at radius 1 is 1.14 bits per heavy atom. The van der Waals surface area contributed by atoms with Crippen LogP contribution in [0.1, 0.15) is 12.0 Å². The zero-order valence-electron chi connectivity index (χ0n) is 16.2. The summed E-state index contributed by atoms with van der Waals surface area (Å²) in [5.74, 6) is 0.631. The average molecular weight is 432 g/mol. The van der Waals surface area contributed by atoms with Gasteiger partial charge >= 0.3 is 0 Å². The van der Waals surface area contributed by atoms with Gasteiger partial charge in [0.2, 0.25) is 0 Å². The number of ether oxygens (including phenoxy) is 1. The van der Waals surface area contributed by atoms with Crippen molar-refractivity contribution >= 4 is 29.1 Å². The molecule has 0 radical (unpaired) electrons. The lowest BCUT2D eigenvalue weighted by molar-refractivity contribution is -0.0369. The van der Waals surface area contributed by atoms with Crippen molar-refractivity contribution in [2.24, 2.45) is 0 Å². The Balaban J connectivity index is 1.60. The Morgan fingerprint density at radius 2 is 1.93 bits per heavy atom. The number of aliphatic hydroxyl groups excluding tert-OH is 1. The lowest BCUT2D eigenvalue weighted by Gasteiger charge is -2.24. The summed E-state index contributed by atoms with van der Waals surface area (Å²) in [6.45, 7) is 0.642. The summed E-state index contributed by atoms with van der Waals surface area (Å²) in [6, 6.07) is 15.6. The molecule has 0 saturated heterocycles. The molecule has 2 atom stereocenters. The third kappa shape index (κ3) is 7.08. The molecule has 0 amide bonds. The van der Waals surface area contributed by atoms with Crippen molar-refractivity contribution in [3.8, 4) is 0 Å². The molecule has 29 heavy (non-hydrogen) atoms. The maximum absolute atomic E-state index is 9.86. The van der Waals surface area contributed by atoms with Crippen LogP contribution in [-0.2, 0) is 17.7 Å². The van der Waals surface area contributed by atoms with Gasteiger partial charge in [0.05, 0.1) is 25.1 Å². The molecule has 0 bridgehead atoms. The van der Waals surface area contributed by atoms with Crippen molar-refractivity contribution < 1.29 is 9.84 Å². The number of nitrogens with zero attached hydrogens (tertiary/aromatic N) is 2.